The number of aromatic nitrogens is 1. The Balaban J connectivity index is 1.81. The van der Waals surface area contributed by atoms with Crippen molar-refractivity contribution in [2.45, 2.75) is 0 Å². The lowest BCUT2D eigenvalue weighted by Crippen LogP contribution is -2.36. The Morgan fingerprint density at radius 3 is 2.07 bits per heavy atom. The zero-order valence-electron chi connectivity index (χ0n) is 15.9. The molecular formula is C19H22BrN5O3. The lowest BCUT2D eigenvalue weighted by molar-refractivity contribution is -0.119. The van der Waals surface area contributed by atoms with Crippen molar-refractivity contribution in [2.75, 3.05) is 44.9 Å². The Morgan fingerprint density at radius 2 is 1.54 bits per heavy atom. The summed E-state index contributed by atoms with van der Waals surface area (Å²) in [5.74, 6) is -0.192. The van der Waals surface area contributed by atoms with E-state index in [0.717, 1.165) is 4.47 Å². The number of amides is 3. The average molecular weight is 448 g/mol. The fourth-order valence-electron chi connectivity index (χ4n) is 2.33. The molecule has 9 heteroatoms. The van der Waals surface area contributed by atoms with Gasteiger partial charge in [0.2, 0.25) is 11.8 Å². The summed E-state index contributed by atoms with van der Waals surface area (Å²) in [5, 5.41) is 5.41. The molecule has 148 valence electrons. The van der Waals surface area contributed by atoms with Gasteiger partial charge in [-0.2, -0.15) is 0 Å². The fourth-order valence-corrected chi connectivity index (χ4v) is 2.57. The van der Waals surface area contributed by atoms with E-state index in [0.29, 0.717) is 17.1 Å². The van der Waals surface area contributed by atoms with Crippen LogP contribution in [-0.4, -0.2) is 66.7 Å². The summed E-state index contributed by atoms with van der Waals surface area (Å²) in [6, 6.07) is 10.1. The molecule has 1 aromatic heterocycles. The van der Waals surface area contributed by atoms with Gasteiger partial charge in [0.25, 0.3) is 5.91 Å². The van der Waals surface area contributed by atoms with Crippen LogP contribution in [0.5, 0.6) is 0 Å². The number of benzene rings is 1. The molecule has 0 saturated heterocycles. The van der Waals surface area contributed by atoms with Gasteiger partial charge >= 0.3 is 0 Å². The van der Waals surface area contributed by atoms with Crippen LogP contribution in [0.15, 0.2) is 47.1 Å². The van der Waals surface area contributed by atoms with E-state index in [1.807, 2.05) is 0 Å². The molecule has 28 heavy (non-hydrogen) atoms. The first-order chi connectivity index (χ1) is 13.2. The summed E-state index contributed by atoms with van der Waals surface area (Å²) < 4.78 is 0.818. The van der Waals surface area contributed by atoms with E-state index in [1.54, 1.807) is 68.6 Å². The molecule has 0 fully saturated rings. The van der Waals surface area contributed by atoms with Crippen LogP contribution in [0.1, 0.15) is 10.4 Å². The number of halogens is 1. The van der Waals surface area contributed by atoms with Crippen molar-refractivity contribution in [3.05, 3.63) is 52.6 Å². The van der Waals surface area contributed by atoms with Crippen molar-refractivity contribution < 1.29 is 14.4 Å². The molecule has 0 atom stereocenters. The number of hydrogen-bond donors (Lipinski definition) is 2. The number of pyridine rings is 1. The number of hydrogen-bond acceptors (Lipinski definition) is 5. The largest absolute Gasteiger partial charge is 0.345 e. The van der Waals surface area contributed by atoms with E-state index < -0.39 is 0 Å². The van der Waals surface area contributed by atoms with Crippen molar-refractivity contribution in [3.8, 4) is 0 Å². The van der Waals surface area contributed by atoms with Crippen molar-refractivity contribution in [1.29, 1.82) is 0 Å². The monoisotopic (exact) mass is 447 g/mol. The Labute approximate surface area is 172 Å². The highest BCUT2D eigenvalue weighted by atomic mass is 79.9. The molecule has 1 aromatic carbocycles. The molecule has 0 aliphatic heterocycles. The van der Waals surface area contributed by atoms with Crippen LogP contribution < -0.4 is 10.6 Å². The number of anilines is 2. The molecule has 0 aliphatic carbocycles. The maximum atomic E-state index is 12.1. The smallest absolute Gasteiger partial charge is 0.253 e. The Morgan fingerprint density at radius 1 is 0.929 bits per heavy atom. The fraction of sp³-hybridized carbons (Fsp3) is 0.263. The van der Waals surface area contributed by atoms with Gasteiger partial charge in [-0.05, 0) is 59.4 Å². The summed E-state index contributed by atoms with van der Waals surface area (Å²) in [5.41, 5.74) is 1.12. The van der Waals surface area contributed by atoms with E-state index >= 15 is 0 Å². The van der Waals surface area contributed by atoms with Crippen molar-refractivity contribution >= 4 is 45.2 Å². The van der Waals surface area contributed by atoms with Crippen LogP contribution in [0.3, 0.4) is 0 Å². The predicted molar refractivity (Wildman–Crippen MR) is 111 cm³/mol. The minimum atomic E-state index is -0.267. The number of carbonyl (C=O) groups excluding carboxylic acids is 3. The molecule has 0 radical (unpaired) electrons. The highest BCUT2D eigenvalue weighted by molar-refractivity contribution is 9.10. The van der Waals surface area contributed by atoms with Gasteiger partial charge in [0, 0.05) is 36.0 Å². The molecule has 2 aromatic rings. The molecule has 0 unspecified atom stereocenters. The zero-order valence-corrected chi connectivity index (χ0v) is 17.5. The third kappa shape index (κ3) is 6.75. The SMILES string of the molecule is CN(CC(=O)Nc1ccc(C(=O)N(C)C)cc1)CC(=O)Nc1ccc(Br)cn1. The highest BCUT2D eigenvalue weighted by Gasteiger charge is 2.12. The first kappa shape index (κ1) is 21.5. The van der Waals surface area contributed by atoms with Crippen LogP contribution in [-0.2, 0) is 9.59 Å². The van der Waals surface area contributed by atoms with Crippen molar-refractivity contribution in [2.24, 2.45) is 0 Å². The van der Waals surface area contributed by atoms with Crippen LogP contribution in [0.4, 0.5) is 11.5 Å². The summed E-state index contributed by atoms with van der Waals surface area (Å²) >= 11 is 3.28. The van der Waals surface area contributed by atoms with Gasteiger partial charge in [-0.3, -0.25) is 19.3 Å². The molecule has 8 nitrogen and oxygen atoms in total. The van der Waals surface area contributed by atoms with Crippen molar-refractivity contribution in [1.82, 2.24) is 14.8 Å². The van der Waals surface area contributed by atoms with Crippen LogP contribution in [0.2, 0.25) is 0 Å². The highest BCUT2D eigenvalue weighted by Crippen LogP contribution is 2.11. The van der Waals surface area contributed by atoms with Crippen molar-refractivity contribution in [3.63, 3.8) is 0 Å². The Bertz CT molecular complexity index is 838. The minimum absolute atomic E-state index is 0.0412. The molecule has 3 amide bonds. The van der Waals surface area contributed by atoms with Gasteiger partial charge in [0.1, 0.15) is 5.82 Å². The molecule has 0 saturated carbocycles. The van der Waals surface area contributed by atoms with Gasteiger partial charge in [-0.25, -0.2) is 4.98 Å². The normalized spacial score (nSPS) is 10.5. The second kappa shape index (κ2) is 9.95. The summed E-state index contributed by atoms with van der Waals surface area (Å²) in [7, 11) is 5.03. The Kier molecular flexibility index (Phi) is 7.65. The molecule has 2 rings (SSSR count). The number of nitrogens with zero attached hydrogens (tertiary/aromatic N) is 3. The standard InChI is InChI=1S/C19H22BrN5O3/c1-24(2)19(28)13-4-7-15(8-5-13)22-17(26)11-25(3)12-18(27)23-16-9-6-14(20)10-21-16/h4-10H,11-12H2,1-3H3,(H,22,26)(H,21,23,27). The van der Waals surface area contributed by atoms with Crippen LogP contribution in [0, 0.1) is 0 Å². The molecule has 2 N–H and O–H groups in total. The van der Waals surface area contributed by atoms with Gasteiger partial charge in [-0.15, -0.1) is 0 Å². The van der Waals surface area contributed by atoms with E-state index in [4.69, 9.17) is 0 Å². The van der Waals surface area contributed by atoms with E-state index in [2.05, 4.69) is 31.5 Å². The third-order valence-corrected chi connectivity index (χ3v) is 4.11. The second-order valence-corrected chi connectivity index (χ2v) is 7.32. The summed E-state index contributed by atoms with van der Waals surface area (Å²) in [4.78, 5) is 43.2. The minimum Gasteiger partial charge on any atom is -0.345 e. The van der Waals surface area contributed by atoms with E-state index in [9.17, 15) is 14.4 Å². The maximum absolute atomic E-state index is 12.1. The number of likely N-dealkylation sites (N-methyl/N-ethyl adjacent to an activating group) is 1. The third-order valence-electron chi connectivity index (χ3n) is 3.64. The topological polar surface area (TPSA) is 94.6 Å². The number of nitrogens with one attached hydrogen (secondary N) is 2. The first-order valence-corrected chi connectivity index (χ1v) is 9.25. The van der Waals surface area contributed by atoms with Gasteiger partial charge in [-0.1, -0.05) is 0 Å². The lowest BCUT2D eigenvalue weighted by atomic mass is 10.2. The molecule has 0 bridgehead atoms. The predicted octanol–water partition coefficient (Wildman–Crippen LogP) is 2.05. The number of rotatable bonds is 7. The lowest BCUT2D eigenvalue weighted by Gasteiger charge is -2.16. The molecular weight excluding hydrogens is 426 g/mol. The van der Waals surface area contributed by atoms with E-state index in [1.165, 1.54) is 4.90 Å². The van der Waals surface area contributed by atoms with E-state index in [-0.39, 0.29) is 30.8 Å². The summed E-state index contributed by atoms with van der Waals surface area (Å²) in [6.45, 7) is 0.0843. The molecule has 1 heterocycles. The first-order valence-electron chi connectivity index (χ1n) is 8.46. The molecule has 0 spiro atoms. The van der Waals surface area contributed by atoms with Gasteiger partial charge < -0.3 is 15.5 Å². The maximum Gasteiger partial charge on any atom is 0.253 e. The zero-order chi connectivity index (χ0) is 20.7. The summed E-state index contributed by atoms with van der Waals surface area (Å²) in [6.07, 6.45) is 1.59. The Hall–Kier alpha value is -2.78. The van der Waals surface area contributed by atoms with Crippen LogP contribution in [0.25, 0.3) is 0 Å². The second-order valence-electron chi connectivity index (χ2n) is 6.41. The average Bonchev–Trinajstić information content (AvgIpc) is 2.63. The molecule has 0 aliphatic rings. The quantitative estimate of drug-likeness (QED) is 0.677. The number of carbonyl (C=O) groups is 3. The van der Waals surface area contributed by atoms with Gasteiger partial charge in [0.05, 0.1) is 13.1 Å². The van der Waals surface area contributed by atoms with Gasteiger partial charge in [0.15, 0.2) is 0 Å². The van der Waals surface area contributed by atoms with Crippen LogP contribution >= 0.6 is 15.9 Å².